The zero-order valence-electron chi connectivity index (χ0n) is 18.9. The van der Waals surface area contributed by atoms with Crippen LogP contribution >= 0.6 is 0 Å². The first-order valence-corrected chi connectivity index (χ1v) is 13.1. The summed E-state index contributed by atoms with van der Waals surface area (Å²) in [4.78, 5) is 23.3. The molecule has 1 N–H and O–H groups in total. The van der Waals surface area contributed by atoms with Crippen LogP contribution in [-0.4, -0.2) is 69.0 Å². The second-order valence-electron chi connectivity index (χ2n) is 10.3. The van der Waals surface area contributed by atoms with Gasteiger partial charge in [0.05, 0.1) is 6.20 Å². The Morgan fingerprint density at radius 3 is 2.34 bits per heavy atom. The van der Waals surface area contributed by atoms with Gasteiger partial charge in [0.25, 0.3) is 5.16 Å². The molecule has 4 heterocycles. The molecule has 2 aromatic heterocycles. The largest absolute Gasteiger partial charge is 0.444 e. The number of fused-ring (bicyclic) bond motifs is 3. The van der Waals surface area contributed by atoms with Crippen LogP contribution in [0.1, 0.15) is 70.8 Å². The van der Waals surface area contributed by atoms with Crippen molar-refractivity contribution in [1.29, 1.82) is 0 Å². The number of nitrogens with one attached hydrogen (secondary N) is 1. The molecule has 11 heteroatoms. The summed E-state index contributed by atoms with van der Waals surface area (Å²) in [6, 6.07) is 0.227. The van der Waals surface area contributed by atoms with E-state index in [1.165, 1.54) is 0 Å². The van der Waals surface area contributed by atoms with Gasteiger partial charge >= 0.3 is 6.09 Å². The van der Waals surface area contributed by atoms with Gasteiger partial charge in [-0.2, -0.15) is 19.6 Å². The van der Waals surface area contributed by atoms with Crippen molar-refractivity contribution >= 4 is 27.5 Å². The fourth-order valence-corrected chi connectivity index (χ4v) is 5.41. The smallest absolute Gasteiger partial charge is 0.410 e. The number of nitrogens with zero attached hydrogens (tertiary/aromatic N) is 5. The number of piperidine rings is 1. The number of hydrogen-bond acceptors (Lipinski definition) is 8. The maximum absolute atomic E-state index is 12.7. The monoisotopic (exact) mass is 462 g/mol. The highest BCUT2D eigenvalue weighted by Crippen LogP contribution is 2.42. The van der Waals surface area contributed by atoms with Gasteiger partial charge in [-0.1, -0.05) is 0 Å². The molecule has 0 radical (unpaired) electrons. The minimum Gasteiger partial charge on any atom is -0.444 e. The van der Waals surface area contributed by atoms with E-state index in [9.17, 15) is 13.2 Å². The summed E-state index contributed by atoms with van der Waals surface area (Å²) in [6.45, 7) is 5.63. The summed E-state index contributed by atoms with van der Waals surface area (Å²) in [5.74, 6) is 0.771. The van der Waals surface area contributed by atoms with Crippen molar-refractivity contribution in [2.75, 3.05) is 11.6 Å². The number of anilines is 1. The predicted molar refractivity (Wildman–Crippen MR) is 117 cm³/mol. The molecule has 1 amide bonds. The van der Waals surface area contributed by atoms with E-state index < -0.39 is 15.4 Å². The SMILES string of the molecule is CC(C)(C)OC(=O)N1C2CCC1CC(Nc1nc(S(C)(=O)=O)nc3c(C4CC4)cnn13)C2. The van der Waals surface area contributed by atoms with Gasteiger partial charge < -0.3 is 15.0 Å². The summed E-state index contributed by atoms with van der Waals surface area (Å²) in [5, 5.41) is 7.69. The maximum atomic E-state index is 12.7. The van der Waals surface area contributed by atoms with Crippen molar-refractivity contribution in [3.8, 4) is 0 Å². The first-order chi connectivity index (χ1) is 15.0. The number of aromatic nitrogens is 4. The van der Waals surface area contributed by atoms with E-state index >= 15 is 0 Å². The predicted octanol–water partition coefficient (Wildman–Crippen LogP) is 2.75. The molecule has 3 aliphatic rings. The quantitative estimate of drug-likeness (QED) is 0.737. The first kappa shape index (κ1) is 21.4. The van der Waals surface area contributed by atoms with E-state index in [4.69, 9.17) is 4.74 Å². The molecular weight excluding hydrogens is 432 g/mol. The van der Waals surface area contributed by atoms with Gasteiger partial charge in [-0.05, 0) is 65.2 Å². The van der Waals surface area contributed by atoms with E-state index in [-0.39, 0.29) is 29.4 Å². The van der Waals surface area contributed by atoms with Crippen LogP contribution in [0.3, 0.4) is 0 Å². The van der Waals surface area contributed by atoms with Crippen LogP contribution in [0.2, 0.25) is 0 Å². The molecule has 32 heavy (non-hydrogen) atoms. The van der Waals surface area contributed by atoms with Gasteiger partial charge in [0, 0.05) is 29.9 Å². The van der Waals surface area contributed by atoms with Gasteiger partial charge in [0.1, 0.15) is 5.60 Å². The lowest BCUT2D eigenvalue weighted by molar-refractivity contribution is 0.00680. The fraction of sp³-hybridized carbons (Fsp3) is 0.714. The highest BCUT2D eigenvalue weighted by molar-refractivity contribution is 7.90. The second kappa shape index (κ2) is 7.29. The molecule has 2 saturated heterocycles. The second-order valence-corrected chi connectivity index (χ2v) is 12.2. The van der Waals surface area contributed by atoms with E-state index in [1.807, 2.05) is 25.7 Å². The van der Waals surface area contributed by atoms with Crippen molar-refractivity contribution in [3.63, 3.8) is 0 Å². The Hall–Kier alpha value is -2.43. The molecule has 1 aliphatic carbocycles. The molecule has 174 valence electrons. The number of hydrogen-bond donors (Lipinski definition) is 1. The van der Waals surface area contributed by atoms with Gasteiger partial charge in [-0.25, -0.2) is 13.2 Å². The van der Waals surface area contributed by atoms with Gasteiger partial charge in [-0.15, -0.1) is 0 Å². The third-order valence-electron chi connectivity index (χ3n) is 6.39. The van der Waals surface area contributed by atoms with Crippen LogP contribution in [0.5, 0.6) is 0 Å². The minimum absolute atomic E-state index is 0.0465. The van der Waals surface area contributed by atoms with Crippen molar-refractivity contribution < 1.29 is 17.9 Å². The average Bonchev–Trinajstić information content (AvgIpc) is 3.35. The highest BCUT2D eigenvalue weighted by Gasteiger charge is 2.45. The number of ether oxygens (including phenoxy) is 1. The molecule has 2 atom stereocenters. The van der Waals surface area contributed by atoms with Crippen LogP contribution in [-0.2, 0) is 14.6 Å². The molecule has 2 aromatic rings. The van der Waals surface area contributed by atoms with E-state index in [1.54, 1.807) is 10.7 Å². The lowest BCUT2D eigenvalue weighted by Crippen LogP contribution is -2.51. The lowest BCUT2D eigenvalue weighted by atomic mass is 9.98. The van der Waals surface area contributed by atoms with Crippen LogP contribution < -0.4 is 5.32 Å². The molecular formula is C21H30N6O4S. The molecule has 0 aromatic carbocycles. The first-order valence-electron chi connectivity index (χ1n) is 11.2. The summed E-state index contributed by atoms with van der Waals surface area (Å²) < 4.78 is 31.7. The molecule has 1 saturated carbocycles. The van der Waals surface area contributed by atoms with Crippen LogP contribution in [0.25, 0.3) is 5.65 Å². The number of rotatable bonds is 4. The Kier molecular flexibility index (Phi) is 4.88. The zero-order valence-corrected chi connectivity index (χ0v) is 19.7. The highest BCUT2D eigenvalue weighted by atomic mass is 32.2. The number of carbonyl (C=O) groups is 1. The van der Waals surface area contributed by atoms with Crippen LogP contribution in [0.15, 0.2) is 11.4 Å². The van der Waals surface area contributed by atoms with Gasteiger partial charge in [0.15, 0.2) is 5.65 Å². The third-order valence-corrected chi connectivity index (χ3v) is 7.24. The fourth-order valence-electron chi connectivity index (χ4n) is 4.91. The minimum atomic E-state index is -3.58. The number of sulfone groups is 1. The number of carbonyl (C=O) groups excluding carboxylic acids is 1. The normalized spacial score (nSPS) is 25.9. The Morgan fingerprint density at radius 2 is 1.78 bits per heavy atom. The van der Waals surface area contributed by atoms with Crippen LogP contribution in [0, 0.1) is 0 Å². The van der Waals surface area contributed by atoms with Crippen molar-refractivity contribution in [3.05, 3.63) is 11.8 Å². The Balaban J connectivity index is 1.41. The summed E-state index contributed by atoms with van der Waals surface area (Å²) >= 11 is 0. The Bertz CT molecular complexity index is 1150. The van der Waals surface area contributed by atoms with E-state index in [0.29, 0.717) is 17.5 Å². The van der Waals surface area contributed by atoms with E-state index in [0.717, 1.165) is 50.3 Å². The maximum Gasteiger partial charge on any atom is 0.410 e. The lowest BCUT2D eigenvalue weighted by Gasteiger charge is -2.39. The molecule has 3 fully saturated rings. The summed E-state index contributed by atoms with van der Waals surface area (Å²) in [7, 11) is -3.58. The average molecular weight is 463 g/mol. The van der Waals surface area contributed by atoms with Crippen LogP contribution in [0.4, 0.5) is 10.7 Å². The standard InChI is InChI=1S/C21H30N6O4S/c1-21(2,3)31-20(28)26-14-7-8-15(26)10-13(9-14)23-18-25-19(32(4,29)30)24-17-16(12-5-6-12)11-22-27(17)18/h11-15H,5-10H2,1-4H3,(H,23,24,25). The van der Waals surface area contributed by atoms with Crippen molar-refractivity contribution in [1.82, 2.24) is 24.5 Å². The van der Waals surface area contributed by atoms with Gasteiger partial charge in [0.2, 0.25) is 15.8 Å². The Labute approximate surface area is 187 Å². The molecule has 2 aliphatic heterocycles. The van der Waals surface area contributed by atoms with Crippen molar-refractivity contribution in [2.45, 2.75) is 94.1 Å². The molecule has 2 bridgehead atoms. The Morgan fingerprint density at radius 1 is 1.12 bits per heavy atom. The molecule has 0 spiro atoms. The topological polar surface area (TPSA) is 119 Å². The molecule has 5 rings (SSSR count). The summed E-state index contributed by atoms with van der Waals surface area (Å²) in [5.41, 5.74) is 0.999. The van der Waals surface area contributed by atoms with Crippen molar-refractivity contribution in [2.24, 2.45) is 0 Å². The number of amides is 1. The zero-order chi connectivity index (χ0) is 22.8. The van der Waals surface area contributed by atoms with Gasteiger partial charge in [-0.3, -0.25) is 0 Å². The third kappa shape index (κ3) is 4.02. The molecule has 2 unspecified atom stereocenters. The molecule has 10 nitrogen and oxygen atoms in total. The van der Waals surface area contributed by atoms with E-state index in [2.05, 4.69) is 20.4 Å². The summed E-state index contributed by atoms with van der Waals surface area (Å²) in [6.07, 6.45) is 8.12.